The monoisotopic (exact) mass is 351 g/mol. The van der Waals surface area contributed by atoms with Crippen LogP contribution in [-0.4, -0.2) is 37.1 Å². The molecular formula is C22H29N3O. The predicted molar refractivity (Wildman–Crippen MR) is 109 cm³/mol. The Kier molecular flexibility index (Phi) is 5.94. The van der Waals surface area contributed by atoms with Gasteiger partial charge in [-0.15, -0.1) is 0 Å². The smallest absolute Gasteiger partial charge is 0.259 e. The van der Waals surface area contributed by atoms with E-state index in [4.69, 9.17) is 0 Å². The second-order valence-corrected chi connectivity index (χ2v) is 7.22. The standard InChI is InChI=1S/C22H29N3O/c1-17(2)15-18(3)23-12-8-10-20-19-9-4-5-11-21(19)25(22(20)26)16-24-13-6-7-14-24/h4-5,9-11,15,23H,1,6-8,12-14,16H2,2-3H3/b18-15-,20-10-. The van der Waals surface area contributed by atoms with E-state index in [2.05, 4.69) is 35.0 Å². The summed E-state index contributed by atoms with van der Waals surface area (Å²) in [5.41, 5.74) is 5.08. The van der Waals surface area contributed by atoms with E-state index in [9.17, 15) is 4.79 Å². The summed E-state index contributed by atoms with van der Waals surface area (Å²) in [4.78, 5) is 17.3. The first kappa shape index (κ1) is 18.5. The van der Waals surface area contributed by atoms with Crippen LogP contribution >= 0.6 is 0 Å². The maximum absolute atomic E-state index is 13.0. The molecule has 1 saturated heterocycles. The minimum atomic E-state index is 0.132. The molecule has 0 atom stereocenters. The molecule has 0 aromatic heterocycles. The lowest BCUT2D eigenvalue weighted by Gasteiger charge is -2.24. The second-order valence-electron chi connectivity index (χ2n) is 7.22. The van der Waals surface area contributed by atoms with Crippen LogP contribution in [0.2, 0.25) is 0 Å². The molecule has 3 rings (SSSR count). The van der Waals surface area contributed by atoms with Crippen molar-refractivity contribution in [3.8, 4) is 0 Å². The fraction of sp³-hybridized carbons (Fsp3) is 0.409. The van der Waals surface area contributed by atoms with Crippen LogP contribution < -0.4 is 10.2 Å². The third-order valence-corrected chi connectivity index (χ3v) is 4.86. The van der Waals surface area contributed by atoms with Gasteiger partial charge in [0.2, 0.25) is 0 Å². The Morgan fingerprint density at radius 1 is 1.23 bits per heavy atom. The van der Waals surface area contributed by atoms with Gasteiger partial charge in [-0.25, -0.2) is 0 Å². The normalized spacial score (nSPS) is 19.3. The molecule has 0 aliphatic carbocycles. The molecule has 2 heterocycles. The fourth-order valence-electron chi connectivity index (χ4n) is 3.67. The van der Waals surface area contributed by atoms with Crippen molar-refractivity contribution in [1.29, 1.82) is 0 Å². The zero-order valence-electron chi connectivity index (χ0n) is 15.9. The number of allylic oxidation sites excluding steroid dienone is 3. The molecule has 1 aromatic carbocycles. The topological polar surface area (TPSA) is 35.6 Å². The molecule has 138 valence electrons. The van der Waals surface area contributed by atoms with Crippen LogP contribution in [0.5, 0.6) is 0 Å². The lowest BCUT2D eigenvalue weighted by molar-refractivity contribution is -0.113. The SMILES string of the molecule is C=C(C)/C=C(/C)NCC/C=C1\C(=O)N(CN2CCCC2)c2ccccc21. The highest BCUT2D eigenvalue weighted by molar-refractivity contribution is 6.32. The third kappa shape index (κ3) is 4.25. The van der Waals surface area contributed by atoms with Gasteiger partial charge in [-0.1, -0.05) is 36.4 Å². The van der Waals surface area contributed by atoms with Gasteiger partial charge in [-0.3, -0.25) is 14.6 Å². The maximum Gasteiger partial charge on any atom is 0.259 e. The molecule has 0 unspecified atom stereocenters. The zero-order valence-corrected chi connectivity index (χ0v) is 15.9. The van der Waals surface area contributed by atoms with Gasteiger partial charge < -0.3 is 5.32 Å². The zero-order chi connectivity index (χ0) is 18.5. The first-order valence-electron chi connectivity index (χ1n) is 9.47. The summed E-state index contributed by atoms with van der Waals surface area (Å²) in [7, 11) is 0. The molecule has 0 saturated carbocycles. The van der Waals surface area contributed by atoms with Crippen LogP contribution in [0.25, 0.3) is 5.57 Å². The number of amides is 1. The summed E-state index contributed by atoms with van der Waals surface area (Å²) < 4.78 is 0. The molecule has 1 amide bonds. The number of nitrogens with zero attached hydrogens (tertiary/aromatic N) is 2. The lowest BCUT2D eigenvalue weighted by Crippen LogP contribution is -2.38. The maximum atomic E-state index is 13.0. The molecule has 0 spiro atoms. The van der Waals surface area contributed by atoms with Crippen molar-refractivity contribution in [2.75, 3.05) is 31.2 Å². The van der Waals surface area contributed by atoms with Crippen molar-refractivity contribution < 1.29 is 4.79 Å². The van der Waals surface area contributed by atoms with Crippen molar-refractivity contribution in [3.63, 3.8) is 0 Å². The van der Waals surface area contributed by atoms with E-state index in [1.807, 2.05) is 37.0 Å². The van der Waals surface area contributed by atoms with Gasteiger partial charge in [0.05, 0.1) is 12.4 Å². The quantitative estimate of drug-likeness (QED) is 0.459. The largest absolute Gasteiger partial charge is 0.388 e. The number of rotatable bonds is 7. The van der Waals surface area contributed by atoms with E-state index in [0.29, 0.717) is 6.67 Å². The van der Waals surface area contributed by atoms with Crippen LogP contribution in [0.3, 0.4) is 0 Å². The fourth-order valence-corrected chi connectivity index (χ4v) is 3.67. The van der Waals surface area contributed by atoms with Crippen molar-refractivity contribution in [3.05, 3.63) is 59.8 Å². The van der Waals surface area contributed by atoms with Gasteiger partial charge in [0.1, 0.15) is 0 Å². The van der Waals surface area contributed by atoms with E-state index in [1.54, 1.807) is 0 Å². The molecule has 1 fully saturated rings. The Morgan fingerprint density at radius 3 is 2.69 bits per heavy atom. The lowest BCUT2D eigenvalue weighted by atomic mass is 10.1. The van der Waals surface area contributed by atoms with Gasteiger partial charge in [0.15, 0.2) is 0 Å². The minimum absolute atomic E-state index is 0.132. The van der Waals surface area contributed by atoms with E-state index < -0.39 is 0 Å². The van der Waals surface area contributed by atoms with Crippen molar-refractivity contribution in [2.45, 2.75) is 33.1 Å². The van der Waals surface area contributed by atoms with Crippen molar-refractivity contribution >= 4 is 17.2 Å². The van der Waals surface area contributed by atoms with Gasteiger partial charge in [0.25, 0.3) is 5.91 Å². The molecular weight excluding hydrogens is 322 g/mol. The summed E-state index contributed by atoms with van der Waals surface area (Å²) in [5.74, 6) is 0.132. The van der Waals surface area contributed by atoms with Gasteiger partial charge in [-0.05, 0) is 58.3 Å². The van der Waals surface area contributed by atoms with Crippen LogP contribution in [0.1, 0.15) is 38.7 Å². The number of benzene rings is 1. The average molecular weight is 351 g/mol. The molecule has 0 radical (unpaired) electrons. The van der Waals surface area contributed by atoms with Crippen LogP contribution in [0.4, 0.5) is 5.69 Å². The van der Waals surface area contributed by atoms with E-state index in [1.165, 1.54) is 12.8 Å². The summed E-state index contributed by atoms with van der Waals surface area (Å²) in [6.45, 7) is 11.6. The van der Waals surface area contributed by atoms with E-state index in [-0.39, 0.29) is 5.91 Å². The number of carbonyl (C=O) groups is 1. The Labute approximate surface area is 156 Å². The highest BCUT2D eigenvalue weighted by atomic mass is 16.2. The first-order chi connectivity index (χ1) is 12.6. The van der Waals surface area contributed by atoms with Crippen LogP contribution in [0, 0.1) is 0 Å². The first-order valence-corrected chi connectivity index (χ1v) is 9.47. The average Bonchev–Trinajstić information content (AvgIpc) is 3.20. The van der Waals surface area contributed by atoms with Crippen molar-refractivity contribution in [2.24, 2.45) is 0 Å². The molecule has 1 N–H and O–H groups in total. The Balaban J connectivity index is 1.69. The molecule has 2 aliphatic heterocycles. The number of para-hydroxylation sites is 1. The molecule has 4 nitrogen and oxygen atoms in total. The molecule has 26 heavy (non-hydrogen) atoms. The number of hydrogen-bond donors (Lipinski definition) is 1. The summed E-state index contributed by atoms with van der Waals surface area (Å²) >= 11 is 0. The Morgan fingerprint density at radius 2 is 1.96 bits per heavy atom. The number of fused-ring (bicyclic) bond motifs is 1. The van der Waals surface area contributed by atoms with Gasteiger partial charge in [-0.2, -0.15) is 0 Å². The van der Waals surface area contributed by atoms with Gasteiger partial charge in [0, 0.05) is 23.4 Å². The summed E-state index contributed by atoms with van der Waals surface area (Å²) in [6.07, 6.45) is 7.38. The highest BCUT2D eigenvalue weighted by Gasteiger charge is 2.33. The summed E-state index contributed by atoms with van der Waals surface area (Å²) in [5, 5.41) is 3.37. The van der Waals surface area contributed by atoms with Crippen LogP contribution in [-0.2, 0) is 4.79 Å². The Hall–Kier alpha value is -2.33. The third-order valence-electron chi connectivity index (χ3n) is 4.86. The summed E-state index contributed by atoms with van der Waals surface area (Å²) in [6, 6.07) is 8.14. The second kappa shape index (κ2) is 8.37. The van der Waals surface area contributed by atoms with Gasteiger partial charge >= 0.3 is 0 Å². The van der Waals surface area contributed by atoms with E-state index >= 15 is 0 Å². The predicted octanol–water partition coefficient (Wildman–Crippen LogP) is 3.93. The van der Waals surface area contributed by atoms with E-state index in [0.717, 1.165) is 54.1 Å². The Bertz CT molecular complexity index is 742. The minimum Gasteiger partial charge on any atom is -0.388 e. The molecule has 1 aromatic rings. The number of nitrogens with one attached hydrogen (secondary N) is 1. The number of likely N-dealkylation sites (tertiary alicyclic amines) is 1. The van der Waals surface area contributed by atoms with Crippen LogP contribution in [0.15, 0.2) is 54.3 Å². The van der Waals surface area contributed by atoms with Crippen molar-refractivity contribution in [1.82, 2.24) is 10.2 Å². The molecule has 0 bridgehead atoms. The molecule has 4 heteroatoms. The molecule has 2 aliphatic rings. The highest BCUT2D eigenvalue weighted by Crippen LogP contribution is 2.37. The number of carbonyl (C=O) groups excluding carboxylic acids is 1. The number of anilines is 1. The number of hydrogen-bond acceptors (Lipinski definition) is 3.